The molecule has 160 valence electrons. The molecular weight excluding hydrogens is 390 g/mol. The van der Waals surface area contributed by atoms with E-state index in [-0.39, 0.29) is 0 Å². The number of hydrogen-bond donors (Lipinski definition) is 0. The lowest BCUT2D eigenvalue weighted by atomic mass is 9.85. The Hall–Kier alpha value is -3.13. The molecule has 32 heavy (non-hydrogen) atoms. The highest BCUT2D eigenvalue weighted by Gasteiger charge is 2.22. The molecule has 5 aromatic rings. The van der Waals surface area contributed by atoms with Crippen molar-refractivity contribution in [3.63, 3.8) is 0 Å². The van der Waals surface area contributed by atoms with E-state index >= 15 is 0 Å². The lowest BCUT2D eigenvalue weighted by Gasteiger charge is -2.21. The van der Waals surface area contributed by atoms with E-state index in [1.54, 1.807) is 0 Å². The number of fused-ring (bicyclic) bond motifs is 4. The Kier molecular flexibility index (Phi) is 4.75. The van der Waals surface area contributed by atoms with Gasteiger partial charge in [-0.1, -0.05) is 68.5 Å². The van der Waals surface area contributed by atoms with Crippen LogP contribution in [0.15, 0.2) is 71.3 Å². The summed E-state index contributed by atoms with van der Waals surface area (Å²) in [6.45, 7) is 2.19. The van der Waals surface area contributed by atoms with Crippen LogP contribution >= 0.6 is 0 Å². The summed E-state index contributed by atoms with van der Waals surface area (Å²) in [5.41, 5.74) is 7.06. The maximum Gasteiger partial charge on any atom is 0.216 e. The summed E-state index contributed by atoms with van der Waals surface area (Å²) in [6.07, 6.45) is 10.5. The first kappa shape index (κ1) is 19.5. The molecule has 0 saturated heterocycles. The first-order valence-electron chi connectivity index (χ1n) is 12.0. The van der Waals surface area contributed by atoms with Crippen molar-refractivity contribution >= 4 is 32.7 Å². The number of aryl methyl sites for hydroxylation is 2. The summed E-state index contributed by atoms with van der Waals surface area (Å²) in [5, 5.41) is 4.85. The molecule has 1 fully saturated rings. The summed E-state index contributed by atoms with van der Waals surface area (Å²) in [6, 6.07) is 22.0. The maximum atomic E-state index is 6.52. The molecule has 2 nitrogen and oxygen atoms in total. The maximum absolute atomic E-state index is 6.52. The van der Waals surface area contributed by atoms with E-state index in [0.717, 1.165) is 17.1 Å². The van der Waals surface area contributed by atoms with Crippen LogP contribution in [-0.2, 0) is 13.5 Å². The van der Waals surface area contributed by atoms with Crippen molar-refractivity contribution in [2.24, 2.45) is 13.0 Å². The third kappa shape index (κ3) is 3.30. The summed E-state index contributed by atoms with van der Waals surface area (Å²) in [7, 11) is 2.18. The van der Waals surface area contributed by atoms with Gasteiger partial charge in [0.25, 0.3) is 0 Å². The highest BCUT2D eigenvalue weighted by atomic mass is 16.3. The fraction of sp³-hybridized carbons (Fsp3) is 0.300. The lowest BCUT2D eigenvalue weighted by molar-refractivity contribution is -0.660. The van der Waals surface area contributed by atoms with Crippen molar-refractivity contribution in [3.8, 4) is 11.3 Å². The quantitative estimate of drug-likeness (QED) is 0.274. The molecule has 1 aliphatic rings. The molecular formula is C30H30NO+. The average molecular weight is 421 g/mol. The largest absolute Gasteiger partial charge is 0.455 e. The van der Waals surface area contributed by atoms with Crippen LogP contribution in [-0.4, -0.2) is 0 Å². The van der Waals surface area contributed by atoms with Crippen LogP contribution < -0.4 is 4.57 Å². The van der Waals surface area contributed by atoms with Crippen LogP contribution in [0.4, 0.5) is 0 Å². The van der Waals surface area contributed by atoms with E-state index < -0.39 is 0 Å². The van der Waals surface area contributed by atoms with Crippen LogP contribution in [0, 0.1) is 12.8 Å². The van der Waals surface area contributed by atoms with Crippen LogP contribution in [0.1, 0.15) is 43.2 Å². The number of rotatable bonds is 3. The van der Waals surface area contributed by atoms with E-state index in [0.29, 0.717) is 0 Å². The Balaban J connectivity index is 1.47. The van der Waals surface area contributed by atoms with Crippen molar-refractivity contribution < 1.29 is 8.98 Å². The molecule has 0 aliphatic heterocycles. The molecule has 2 heteroatoms. The smallest absolute Gasteiger partial charge is 0.216 e. The zero-order valence-corrected chi connectivity index (χ0v) is 19.0. The zero-order valence-electron chi connectivity index (χ0n) is 19.0. The topological polar surface area (TPSA) is 17.0 Å². The molecule has 0 bridgehead atoms. The molecule has 2 aromatic heterocycles. The fourth-order valence-electron chi connectivity index (χ4n) is 5.71. The molecule has 1 saturated carbocycles. The Morgan fingerprint density at radius 1 is 0.875 bits per heavy atom. The number of aromatic nitrogens is 1. The Morgan fingerprint density at radius 3 is 2.44 bits per heavy atom. The number of nitrogens with zero attached hydrogens (tertiary/aromatic N) is 1. The lowest BCUT2D eigenvalue weighted by Crippen LogP contribution is -2.31. The Bertz CT molecular complexity index is 1450. The van der Waals surface area contributed by atoms with Crippen molar-refractivity contribution in [3.05, 3.63) is 78.0 Å². The van der Waals surface area contributed by atoms with Gasteiger partial charge in [-0.3, -0.25) is 0 Å². The molecule has 0 unspecified atom stereocenters. The van der Waals surface area contributed by atoms with E-state index in [1.807, 2.05) is 0 Å². The Morgan fingerprint density at radius 2 is 1.66 bits per heavy atom. The highest BCUT2D eigenvalue weighted by molar-refractivity contribution is 6.13. The first-order chi connectivity index (χ1) is 15.7. The molecule has 0 N–H and O–H groups in total. The van der Waals surface area contributed by atoms with Crippen LogP contribution in [0.25, 0.3) is 44.0 Å². The Labute approximate surface area is 189 Å². The number of furan rings is 1. The minimum absolute atomic E-state index is 0.851. The molecule has 3 aromatic carbocycles. The van der Waals surface area contributed by atoms with Crippen molar-refractivity contribution in [1.82, 2.24) is 0 Å². The van der Waals surface area contributed by atoms with Gasteiger partial charge in [-0.2, -0.15) is 0 Å². The van der Waals surface area contributed by atoms with Crippen molar-refractivity contribution in [2.45, 2.75) is 45.4 Å². The third-order valence-electron chi connectivity index (χ3n) is 7.42. The average Bonchev–Trinajstić information content (AvgIpc) is 3.16. The van der Waals surface area contributed by atoms with E-state index in [1.165, 1.54) is 82.5 Å². The van der Waals surface area contributed by atoms with Crippen molar-refractivity contribution in [2.75, 3.05) is 0 Å². The second-order valence-corrected chi connectivity index (χ2v) is 9.67. The first-order valence-corrected chi connectivity index (χ1v) is 12.0. The van der Waals surface area contributed by atoms with E-state index in [2.05, 4.69) is 85.4 Å². The van der Waals surface area contributed by atoms with Crippen LogP contribution in [0.5, 0.6) is 0 Å². The number of benzene rings is 3. The summed E-state index contributed by atoms with van der Waals surface area (Å²) in [4.78, 5) is 0. The summed E-state index contributed by atoms with van der Waals surface area (Å²) < 4.78 is 8.82. The van der Waals surface area contributed by atoms with Crippen molar-refractivity contribution in [1.29, 1.82) is 0 Å². The fourth-order valence-corrected chi connectivity index (χ4v) is 5.71. The van der Waals surface area contributed by atoms with Gasteiger partial charge in [0, 0.05) is 22.4 Å². The standard InChI is InChI=1S/C30H30NO/c1-20-12-14-25-26-17-23-10-6-7-11-24(23)18-28(26)32-30(25)29(20)27-15-13-22(19-31(27)2)16-21-8-4-3-5-9-21/h6-7,10-15,17-19,21H,3-5,8-9,16H2,1-2H3/q+1. The highest BCUT2D eigenvalue weighted by Crippen LogP contribution is 2.38. The summed E-state index contributed by atoms with van der Waals surface area (Å²) in [5.74, 6) is 0.851. The van der Waals surface area contributed by atoms with Crippen LogP contribution in [0.3, 0.4) is 0 Å². The van der Waals surface area contributed by atoms with Gasteiger partial charge in [-0.25, -0.2) is 4.57 Å². The summed E-state index contributed by atoms with van der Waals surface area (Å²) >= 11 is 0. The SMILES string of the molecule is Cc1ccc2c(oc3cc4ccccc4cc32)c1-c1ccc(CC2CCCCC2)c[n+]1C. The zero-order chi connectivity index (χ0) is 21.7. The minimum Gasteiger partial charge on any atom is -0.455 e. The second-order valence-electron chi connectivity index (χ2n) is 9.67. The van der Waals surface area contributed by atoms with Gasteiger partial charge < -0.3 is 4.42 Å². The third-order valence-corrected chi connectivity index (χ3v) is 7.42. The second kappa shape index (κ2) is 7.78. The monoisotopic (exact) mass is 420 g/mol. The van der Waals surface area contributed by atoms with Gasteiger partial charge >= 0.3 is 0 Å². The molecule has 2 heterocycles. The molecule has 0 spiro atoms. The normalized spacial score (nSPS) is 15.2. The molecule has 0 atom stereocenters. The predicted octanol–water partition coefficient (Wildman–Crippen LogP) is 7.66. The molecule has 0 radical (unpaired) electrons. The number of hydrogen-bond acceptors (Lipinski definition) is 1. The van der Waals surface area contributed by atoms with Gasteiger partial charge in [0.15, 0.2) is 6.20 Å². The minimum atomic E-state index is 0.851. The van der Waals surface area contributed by atoms with Gasteiger partial charge in [-0.05, 0) is 53.8 Å². The van der Waals surface area contributed by atoms with Gasteiger partial charge in [-0.15, -0.1) is 0 Å². The van der Waals surface area contributed by atoms with E-state index in [4.69, 9.17) is 4.42 Å². The van der Waals surface area contributed by atoms with Gasteiger partial charge in [0.2, 0.25) is 5.69 Å². The molecule has 1 aliphatic carbocycles. The molecule has 6 rings (SSSR count). The van der Waals surface area contributed by atoms with E-state index in [9.17, 15) is 0 Å². The molecule has 0 amide bonds. The van der Waals surface area contributed by atoms with Gasteiger partial charge in [0.1, 0.15) is 18.2 Å². The van der Waals surface area contributed by atoms with Crippen LogP contribution in [0.2, 0.25) is 0 Å². The number of pyridine rings is 1. The predicted molar refractivity (Wildman–Crippen MR) is 133 cm³/mol. The van der Waals surface area contributed by atoms with Gasteiger partial charge in [0.05, 0.1) is 5.56 Å².